The summed E-state index contributed by atoms with van der Waals surface area (Å²) in [6, 6.07) is 15.5. The molecule has 2 aliphatic rings. The Hall–Kier alpha value is -3.45. The third kappa shape index (κ3) is 4.41. The highest BCUT2D eigenvalue weighted by Crippen LogP contribution is 2.48. The second-order valence-corrected chi connectivity index (χ2v) is 9.28. The Balaban J connectivity index is 1.08. The zero-order valence-corrected chi connectivity index (χ0v) is 18.7. The van der Waals surface area contributed by atoms with Gasteiger partial charge in [-0.15, -0.1) is 0 Å². The zero-order chi connectivity index (χ0) is 22.4. The van der Waals surface area contributed by atoms with E-state index in [-0.39, 0.29) is 17.7 Å². The van der Waals surface area contributed by atoms with Gasteiger partial charge in [0.1, 0.15) is 5.82 Å². The topological polar surface area (TPSA) is 84.2 Å². The molecule has 2 unspecified atom stereocenters. The highest BCUT2D eigenvalue weighted by atomic mass is 35.5. The van der Waals surface area contributed by atoms with Crippen molar-refractivity contribution in [1.29, 1.82) is 0 Å². The number of imidazole rings is 1. The lowest BCUT2D eigenvalue weighted by Crippen LogP contribution is -2.15. The van der Waals surface area contributed by atoms with Crippen molar-refractivity contribution in [2.75, 3.05) is 10.6 Å². The normalized spacial score (nSPS) is 19.4. The number of nitrogens with zero attached hydrogens (tertiary/aromatic N) is 4. The van der Waals surface area contributed by atoms with Crippen LogP contribution in [0, 0.1) is 5.92 Å². The summed E-state index contributed by atoms with van der Waals surface area (Å²) in [6.45, 7) is 0.555. The van der Waals surface area contributed by atoms with Crippen LogP contribution in [0.4, 0.5) is 11.5 Å². The number of hydrogen-bond donors (Lipinski definition) is 2. The molecule has 0 saturated heterocycles. The first-order valence-electron chi connectivity index (χ1n) is 11.2. The first-order valence-corrected chi connectivity index (χ1v) is 11.6. The van der Waals surface area contributed by atoms with E-state index in [9.17, 15) is 4.79 Å². The largest absolute Gasteiger partial charge is 0.379 e. The van der Waals surface area contributed by atoms with E-state index in [0.717, 1.165) is 34.7 Å². The summed E-state index contributed by atoms with van der Waals surface area (Å²) in [6.07, 6.45) is 6.93. The van der Waals surface area contributed by atoms with E-state index in [4.69, 9.17) is 11.6 Å². The smallest absolute Gasteiger partial charge is 0.229 e. The van der Waals surface area contributed by atoms with Gasteiger partial charge in [0, 0.05) is 34.8 Å². The summed E-state index contributed by atoms with van der Waals surface area (Å²) in [5.41, 5.74) is 4.86. The second-order valence-electron chi connectivity index (χ2n) is 8.84. The van der Waals surface area contributed by atoms with Gasteiger partial charge in [-0.2, -0.15) is 5.10 Å². The molecule has 2 aliphatic carbocycles. The molecule has 0 spiro atoms. The minimum atomic E-state index is -0.0483. The zero-order valence-electron chi connectivity index (χ0n) is 17.9. The number of amides is 1. The molecule has 7 nitrogen and oxygen atoms in total. The fraction of sp³-hybridized carbons (Fsp3) is 0.280. The van der Waals surface area contributed by atoms with Crippen LogP contribution in [0.15, 0.2) is 60.9 Å². The maximum absolute atomic E-state index is 12.7. The number of anilines is 2. The summed E-state index contributed by atoms with van der Waals surface area (Å²) in [5, 5.41) is 11.7. The first kappa shape index (κ1) is 20.2. The van der Waals surface area contributed by atoms with Gasteiger partial charge in [0.05, 0.1) is 24.1 Å². The maximum Gasteiger partial charge on any atom is 0.229 e. The van der Waals surface area contributed by atoms with Crippen molar-refractivity contribution in [1.82, 2.24) is 19.6 Å². The number of halogens is 1. The summed E-state index contributed by atoms with van der Waals surface area (Å²) < 4.78 is 1.86. The molecule has 4 aromatic rings. The van der Waals surface area contributed by atoms with Gasteiger partial charge < -0.3 is 10.6 Å². The fourth-order valence-electron chi connectivity index (χ4n) is 4.24. The standard InChI is InChI=1S/C25H23ClN6O/c26-17-3-1-2-16(10-17)20-12-21(20)25(33)30-23-11-18(8-9-27-23)28-13-19-14-32-24(29-19)7-6-22(31-32)15-4-5-15/h1-3,6-11,14-15,20-21H,4-5,12-13H2,(H2,27,28,30,33). The minimum absolute atomic E-state index is 0.0116. The van der Waals surface area contributed by atoms with E-state index in [1.807, 2.05) is 53.2 Å². The number of carbonyl (C=O) groups is 1. The van der Waals surface area contributed by atoms with E-state index >= 15 is 0 Å². The van der Waals surface area contributed by atoms with Crippen molar-refractivity contribution in [3.05, 3.63) is 82.9 Å². The number of benzene rings is 1. The van der Waals surface area contributed by atoms with Gasteiger partial charge in [-0.05, 0) is 61.1 Å². The number of rotatable bonds is 7. The van der Waals surface area contributed by atoms with Gasteiger partial charge in [0.15, 0.2) is 5.65 Å². The van der Waals surface area contributed by atoms with E-state index in [0.29, 0.717) is 23.3 Å². The number of carbonyl (C=O) groups excluding carboxylic acids is 1. The molecule has 2 N–H and O–H groups in total. The molecule has 3 aromatic heterocycles. The van der Waals surface area contributed by atoms with Crippen LogP contribution in [0.1, 0.15) is 48.0 Å². The summed E-state index contributed by atoms with van der Waals surface area (Å²) in [7, 11) is 0. The Labute approximate surface area is 196 Å². The van der Waals surface area contributed by atoms with Gasteiger partial charge in [0.25, 0.3) is 0 Å². The molecule has 1 amide bonds. The van der Waals surface area contributed by atoms with Crippen LogP contribution in [0.2, 0.25) is 5.02 Å². The lowest BCUT2D eigenvalue weighted by atomic mass is 10.1. The number of aromatic nitrogens is 4. The highest BCUT2D eigenvalue weighted by Gasteiger charge is 2.44. The quantitative estimate of drug-likeness (QED) is 0.406. The van der Waals surface area contributed by atoms with Crippen LogP contribution in [0.3, 0.4) is 0 Å². The van der Waals surface area contributed by atoms with E-state index in [2.05, 4.69) is 31.8 Å². The molecule has 1 aromatic carbocycles. The molecular weight excluding hydrogens is 436 g/mol. The number of fused-ring (bicyclic) bond motifs is 1. The van der Waals surface area contributed by atoms with Crippen molar-refractivity contribution in [3.8, 4) is 0 Å². The Bertz CT molecular complexity index is 1350. The Kier molecular flexibility index (Phi) is 4.99. The minimum Gasteiger partial charge on any atom is -0.379 e. The molecule has 0 bridgehead atoms. The highest BCUT2D eigenvalue weighted by molar-refractivity contribution is 6.30. The van der Waals surface area contributed by atoms with Crippen molar-refractivity contribution >= 4 is 34.7 Å². The number of nitrogens with one attached hydrogen (secondary N) is 2. The molecule has 0 radical (unpaired) electrons. The molecule has 166 valence electrons. The molecule has 33 heavy (non-hydrogen) atoms. The van der Waals surface area contributed by atoms with Crippen molar-refractivity contribution in [2.24, 2.45) is 5.92 Å². The lowest BCUT2D eigenvalue weighted by Gasteiger charge is -2.08. The van der Waals surface area contributed by atoms with E-state index in [1.165, 1.54) is 12.8 Å². The van der Waals surface area contributed by atoms with E-state index < -0.39 is 0 Å². The average molecular weight is 459 g/mol. The molecular formula is C25H23ClN6O. The molecule has 6 rings (SSSR count). The Morgan fingerprint density at radius 1 is 1.15 bits per heavy atom. The van der Waals surface area contributed by atoms with Gasteiger partial charge in [-0.25, -0.2) is 14.5 Å². The first-order chi connectivity index (χ1) is 16.1. The van der Waals surface area contributed by atoms with Gasteiger partial charge in [-0.1, -0.05) is 23.7 Å². The Morgan fingerprint density at radius 2 is 2.06 bits per heavy atom. The number of hydrogen-bond acceptors (Lipinski definition) is 5. The SMILES string of the molecule is O=C(Nc1cc(NCc2cn3nc(C4CC4)ccc3n2)ccn1)C1CC1c1cccc(Cl)c1. The van der Waals surface area contributed by atoms with E-state index in [1.54, 1.807) is 6.20 Å². The van der Waals surface area contributed by atoms with Crippen LogP contribution in [0.25, 0.3) is 5.65 Å². The lowest BCUT2D eigenvalue weighted by molar-refractivity contribution is -0.117. The molecule has 2 saturated carbocycles. The van der Waals surface area contributed by atoms with Crippen molar-refractivity contribution in [3.63, 3.8) is 0 Å². The van der Waals surface area contributed by atoms with Crippen LogP contribution in [0.5, 0.6) is 0 Å². The molecule has 3 heterocycles. The summed E-state index contributed by atoms with van der Waals surface area (Å²) in [5.74, 6) is 1.30. The van der Waals surface area contributed by atoms with Crippen LogP contribution >= 0.6 is 11.6 Å². The summed E-state index contributed by atoms with van der Waals surface area (Å²) >= 11 is 6.08. The monoisotopic (exact) mass is 458 g/mol. The molecule has 8 heteroatoms. The third-order valence-electron chi connectivity index (χ3n) is 6.28. The molecule has 2 fully saturated rings. The maximum atomic E-state index is 12.7. The van der Waals surface area contributed by atoms with Gasteiger partial charge >= 0.3 is 0 Å². The average Bonchev–Trinajstić information content (AvgIpc) is 3.74. The summed E-state index contributed by atoms with van der Waals surface area (Å²) in [4.78, 5) is 21.6. The Morgan fingerprint density at radius 3 is 2.91 bits per heavy atom. The van der Waals surface area contributed by atoms with Gasteiger partial charge in [0.2, 0.25) is 5.91 Å². The van der Waals surface area contributed by atoms with Crippen molar-refractivity contribution in [2.45, 2.75) is 37.6 Å². The van der Waals surface area contributed by atoms with Gasteiger partial charge in [-0.3, -0.25) is 4.79 Å². The number of pyridine rings is 1. The second kappa shape index (κ2) is 8.15. The molecule has 0 aliphatic heterocycles. The molecule has 2 atom stereocenters. The third-order valence-corrected chi connectivity index (χ3v) is 6.51. The van der Waals surface area contributed by atoms with Crippen LogP contribution in [-0.4, -0.2) is 25.5 Å². The predicted octanol–water partition coefficient (Wildman–Crippen LogP) is 5.01. The van der Waals surface area contributed by atoms with Crippen LogP contribution < -0.4 is 10.6 Å². The van der Waals surface area contributed by atoms with Crippen molar-refractivity contribution < 1.29 is 4.79 Å². The fourth-order valence-corrected chi connectivity index (χ4v) is 4.44. The van der Waals surface area contributed by atoms with Crippen LogP contribution in [-0.2, 0) is 11.3 Å². The predicted molar refractivity (Wildman–Crippen MR) is 127 cm³/mol.